The number of piperidine rings is 1. The molecule has 6 heteroatoms. The maximum Gasteiger partial charge on any atom is 0.242 e. The number of carbonyl (C=O) groups excluding carboxylic acids is 1. The van der Waals surface area contributed by atoms with Gasteiger partial charge in [-0.2, -0.15) is 4.31 Å². The Morgan fingerprint density at radius 2 is 1.85 bits per heavy atom. The van der Waals surface area contributed by atoms with Gasteiger partial charge in [0.25, 0.3) is 0 Å². The van der Waals surface area contributed by atoms with E-state index < -0.39 is 16.1 Å². The quantitative estimate of drug-likeness (QED) is 0.771. The highest BCUT2D eigenvalue weighted by Crippen LogP contribution is 2.37. The number of sulfonamides is 1. The van der Waals surface area contributed by atoms with Crippen molar-refractivity contribution in [1.82, 2.24) is 4.31 Å². The summed E-state index contributed by atoms with van der Waals surface area (Å²) in [5.74, 6) is -0.245. The minimum Gasteiger partial charge on any atom is -0.325 e. The minimum absolute atomic E-state index is 0.245. The summed E-state index contributed by atoms with van der Waals surface area (Å²) < 4.78 is 25.3. The molecule has 2 aliphatic rings. The summed E-state index contributed by atoms with van der Waals surface area (Å²) >= 11 is 0. The van der Waals surface area contributed by atoms with E-state index in [1.807, 2.05) is 30.3 Å². The first-order chi connectivity index (χ1) is 12.4. The van der Waals surface area contributed by atoms with Crippen molar-refractivity contribution in [3.8, 4) is 11.1 Å². The molecule has 0 saturated carbocycles. The van der Waals surface area contributed by atoms with E-state index >= 15 is 0 Å². The molecule has 1 aliphatic heterocycles. The average Bonchev–Trinajstić information content (AvgIpc) is 2.98. The SMILES string of the molecule is CS(=O)(=O)N1CCCC[C@@H]1C(=O)Nc1ccc2c(c1)Cc1ccccc1-2. The van der Waals surface area contributed by atoms with Crippen LogP contribution in [0.1, 0.15) is 30.4 Å². The topological polar surface area (TPSA) is 66.5 Å². The van der Waals surface area contributed by atoms with Crippen molar-refractivity contribution in [2.45, 2.75) is 31.7 Å². The van der Waals surface area contributed by atoms with Crippen molar-refractivity contribution >= 4 is 21.6 Å². The highest BCUT2D eigenvalue weighted by atomic mass is 32.2. The molecule has 5 nitrogen and oxygen atoms in total. The number of benzene rings is 2. The van der Waals surface area contributed by atoms with Gasteiger partial charge in [0.05, 0.1) is 6.26 Å². The van der Waals surface area contributed by atoms with Crippen molar-refractivity contribution in [2.75, 3.05) is 18.1 Å². The van der Waals surface area contributed by atoms with Gasteiger partial charge in [-0.05, 0) is 53.6 Å². The molecule has 0 spiro atoms. The lowest BCUT2D eigenvalue weighted by atomic mass is 10.0. The molecule has 1 amide bonds. The largest absolute Gasteiger partial charge is 0.325 e. The number of amides is 1. The van der Waals surface area contributed by atoms with Gasteiger partial charge in [-0.1, -0.05) is 36.8 Å². The summed E-state index contributed by atoms with van der Waals surface area (Å²) in [6, 6.07) is 13.6. The number of hydrogen-bond acceptors (Lipinski definition) is 3. The number of nitrogens with one attached hydrogen (secondary N) is 1. The van der Waals surface area contributed by atoms with Crippen LogP contribution in [0.4, 0.5) is 5.69 Å². The Hall–Kier alpha value is -2.18. The van der Waals surface area contributed by atoms with Gasteiger partial charge in [0.15, 0.2) is 0 Å². The Kier molecular flexibility index (Phi) is 4.32. The standard InChI is InChI=1S/C20H22N2O3S/c1-26(24,25)22-11-5-4-8-19(22)20(23)21-16-9-10-18-15(13-16)12-14-6-2-3-7-17(14)18/h2-3,6-7,9-10,13,19H,4-5,8,11-12H2,1H3,(H,21,23)/t19-/m1/s1. The fourth-order valence-electron chi connectivity index (χ4n) is 4.01. The van der Waals surface area contributed by atoms with Crippen LogP contribution in [-0.4, -0.2) is 37.5 Å². The Morgan fingerprint density at radius 3 is 2.65 bits per heavy atom. The van der Waals surface area contributed by atoms with E-state index in [1.165, 1.54) is 32.8 Å². The van der Waals surface area contributed by atoms with E-state index in [4.69, 9.17) is 0 Å². The van der Waals surface area contributed by atoms with Crippen LogP contribution < -0.4 is 5.32 Å². The third-order valence-electron chi connectivity index (χ3n) is 5.24. The van der Waals surface area contributed by atoms with E-state index in [9.17, 15) is 13.2 Å². The molecule has 0 aromatic heterocycles. The van der Waals surface area contributed by atoms with Crippen molar-refractivity contribution in [3.63, 3.8) is 0 Å². The van der Waals surface area contributed by atoms with Crippen LogP contribution in [0, 0.1) is 0 Å². The number of hydrogen-bond donors (Lipinski definition) is 1. The normalized spacial score (nSPS) is 19.7. The first kappa shape index (κ1) is 17.2. The summed E-state index contributed by atoms with van der Waals surface area (Å²) in [5, 5.41) is 2.93. The van der Waals surface area contributed by atoms with Crippen molar-refractivity contribution in [1.29, 1.82) is 0 Å². The summed E-state index contributed by atoms with van der Waals surface area (Å²) in [5.41, 5.74) is 5.65. The smallest absolute Gasteiger partial charge is 0.242 e. The Balaban J connectivity index is 1.55. The maximum atomic E-state index is 12.7. The van der Waals surface area contributed by atoms with E-state index in [-0.39, 0.29) is 5.91 Å². The monoisotopic (exact) mass is 370 g/mol. The number of fused-ring (bicyclic) bond motifs is 3. The molecule has 0 bridgehead atoms. The molecule has 1 N–H and O–H groups in total. The zero-order valence-corrected chi connectivity index (χ0v) is 15.6. The second-order valence-corrected chi connectivity index (χ2v) is 9.02. The molecule has 1 saturated heterocycles. The van der Waals surface area contributed by atoms with Crippen LogP contribution in [-0.2, 0) is 21.2 Å². The molecule has 1 aliphatic carbocycles. The van der Waals surface area contributed by atoms with Crippen LogP contribution in [0.5, 0.6) is 0 Å². The molecule has 2 aromatic rings. The third kappa shape index (κ3) is 3.15. The molecule has 1 fully saturated rings. The van der Waals surface area contributed by atoms with E-state index in [1.54, 1.807) is 0 Å². The number of rotatable bonds is 3. The van der Waals surface area contributed by atoms with Gasteiger partial charge in [0.2, 0.25) is 15.9 Å². The highest BCUT2D eigenvalue weighted by Gasteiger charge is 2.34. The molecule has 26 heavy (non-hydrogen) atoms. The zero-order chi connectivity index (χ0) is 18.3. The molecular weight excluding hydrogens is 348 g/mol. The molecule has 4 rings (SSSR count). The van der Waals surface area contributed by atoms with Crippen LogP contribution in [0.15, 0.2) is 42.5 Å². The maximum absolute atomic E-state index is 12.7. The van der Waals surface area contributed by atoms with E-state index in [0.717, 1.165) is 24.9 Å². The molecule has 0 radical (unpaired) electrons. The number of nitrogens with zero attached hydrogens (tertiary/aromatic N) is 1. The Labute approximate surface area is 154 Å². The third-order valence-corrected chi connectivity index (χ3v) is 6.53. The first-order valence-electron chi connectivity index (χ1n) is 8.92. The first-order valence-corrected chi connectivity index (χ1v) is 10.8. The fraction of sp³-hybridized carbons (Fsp3) is 0.350. The lowest BCUT2D eigenvalue weighted by Crippen LogP contribution is -2.49. The zero-order valence-electron chi connectivity index (χ0n) is 14.7. The van der Waals surface area contributed by atoms with E-state index in [2.05, 4.69) is 17.4 Å². The Bertz CT molecular complexity index is 969. The van der Waals surface area contributed by atoms with Crippen LogP contribution >= 0.6 is 0 Å². The van der Waals surface area contributed by atoms with Gasteiger partial charge in [0, 0.05) is 12.2 Å². The van der Waals surface area contributed by atoms with Crippen LogP contribution in [0.2, 0.25) is 0 Å². The predicted molar refractivity (Wildman–Crippen MR) is 103 cm³/mol. The number of carbonyl (C=O) groups is 1. The molecular formula is C20H22N2O3S. The van der Waals surface area contributed by atoms with Crippen LogP contribution in [0.25, 0.3) is 11.1 Å². The molecule has 136 valence electrons. The van der Waals surface area contributed by atoms with Gasteiger partial charge >= 0.3 is 0 Å². The second-order valence-electron chi connectivity index (χ2n) is 7.08. The lowest BCUT2D eigenvalue weighted by Gasteiger charge is -2.32. The molecule has 1 atom stereocenters. The number of anilines is 1. The average molecular weight is 370 g/mol. The predicted octanol–water partition coefficient (Wildman–Crippen LogP) is 3.01. The lowest BCUT2D eigenvalue weighted by molar-refractivity contribution is -0.120. The van der Waals surface area contributed by atoms with Gasteiger partial charge in [0.1, 0.15) is 6.04 Å². The van der Waals surface area contributed by atoms with Gasteiger partial charge in [-0.25, -0.2) is 8.42 Å². The minimum atomic E-state index is -3.39. The van der Waals surface area contributed by atoms with Gasteiger partial charge in [-0.3, -0.25) is 4.79 Å². The summed E-state index contributed by atoms with van der Waals surface area (Å²) in [7, 11) is -3.39. The molecule has 2 aromatic carbocycles. The van der Waals surface area contributed by atoms with Crippen molar-refractivity contribution in [2.24, 2.45) is 0 Å². The van der Waals surface area contributed by atoms with Gasteiger partial charge in [-0.15, -0.1) is 0 Å². The van der Waals surface area contributed by atoms with E-state index in [0.29, 0.717) is 13.0 Å². The summed E-state index contributed by atoms with van der Waals surface area (Å²) in [4.78, 5) is 12.7. The second kappa shape index (κ2) is 6.52. The Morgan fingerprint density at radius 1 is 1.08 bits per heavy atom. The van der Waals surface area contributed by atoms with Gasteiger partial charge < -0.3 is 5.32 Å². The van der Waals surface area contributed by atoms with Crippen molar-refractivity contribution in [3.05, 3.63) is 53.6 Å². The van der Waals surface area contributed by atoms with Crippen molar-refractivity contribution < 1.29 is 13.2 Å². The van der Waals surface area contributed by atoms with Crippen LogP contribution in [0.3, 0.4) is 0 Å². The fourth-order valence-corrected chi connectivity index (χ4v) is 5.14. The summed E-state index contributed by atoms with van der Waals surface area (Å²) in [6.07, 6.45) is 4.26. The molecule has 1 heterocycles. The molecule has 0 unspecified atom stereocenters. The highest BCUT2D eigenvalue weighted by molar-refractivity contribution is 7.88. The summed E-state index contributed by atoms with van der Waals surface area (Å²) in [6.45, 7) is 0.413.